The maximum Gasteiger partial charge on any atom is 0.282 e. The molecule has 2 amide bonds. The van der Waals surface area contributed by atoms with Crippen molar-refractivity contribution in [3.05, 3.63) is 101 Å². The first-order valence-corrected chi connectivity index (χ1v) is 9.34. The second-order valence-corrected chi connectivity index (χ2v) is 7.12. The van der Waals surface area contributed by atoms with E-state index in [0.717, 1.165) is 16.0 Å². The summed E-state index contributed by atoms with van der Waals surface area (Å²) in [6, 6.07) is 16.2. The highest BCUT2D eigenvalue weighted by Gasteiger charge is 2.40. The van der Waals surface area contributed by atoms with E-state index in [-0.39, 0.29) is 17.0 Å². The van der Waals surface area contributed by atoms with Crippen LogP contribution in [0.5, 0.6) is 0 Å². The number of aryl methyl sites for hydroxylation is 2. The standard InChI is InChI=1S/C24H18F2N2O2/c1-14-3-12-20(15(2)13-14)21-22(27-18-8-4-16(25)5-9-18)24(30)28(23(21)29)19-10-6-17(26)7-11-19/h3-13,27H,1-2H3. The van der Waals surface area contributed by atoms with Gasteiger partial charge in [0.05, 0.1) is 11.3 Å². The molecule has 1 aliphatic rings. The van der Waals surface area contributed by atoms with E-state index in [1.165, 1.54) is 48.5 Å². The first-order valence-electron chi connectivity index (χ1n) is 9.34. The third kappa shape index (κ3) is 3.48. The van der Waals surface area contributed by atoms with Crippen molar-refractivity contribution in [2.75, 3.05) is 10.2 Å². The van der Waals surface area contributed by atoms with E-state index >= 15 is 0 Å². The molecule has 0 saturated carbocycles. The van der Waals surface area contributed by atoms with Crippen LogP contribution in [0.25, 0.3) is 5.57 Å². The summed E-state index contributed by atoms with van der Waals surface area (Å²) in [7, 11) is 0. The van der Waals surface area contributed by atoms with Gasteiger partial charge in [-0.15, -0.1) is 0 Å². The first-order chi connectivity index (χ1) is 14.3. The zero-order valence-electron chi connectivity index (χ0n) is 16.4. The molecule has 1 N–H and O–H groups in total. The van der Waals surface area contributed by atoms with Crippen molar-refractivity contribution in [1.29, 1.82) is 0 Å². The number of hydrogen-bond donors (Lipinski definition) is 1. The Hall–Kier alpha value is -3.80. The lowest BCUT2D eigenvalue weighted by Gasteiger charge is -2.15. The topological polar surface area (TPSA) is 49.4 Å². The van der Waals surface area contributed by atoms with Gasteiger partial charge in [-0.2, -0.15) is 0 Å². The monoisotopic (exact) mass is 404 g/mol. The molecule has 0 radical (unpaired) electrons. The number of rotatable bonds is 4. The van der Waals surface area contributed by atoms with Crippen LogP contribution in [0.3, 0.4) is 0 Å². The highest BCUT2D eigenvalue weighted by molar-refractivity contribution is 6.46. The van der Waals surface area contributed by atoms with Gasteiger partial charge in [-0.3, -0.25) is 9.59 Å². The summed E-state index contributed by atoms with van der Waals surface area (Å²) in [4.78, 5) is 27.6. The molecule has 0 unspecified atom stereocenters. The van der Waals surface area contributed by atoms with E-state index in [4.69, 9.17) is 0 Å². The molecule has 1 aliphatic heterocycles. The van der Waals surface area contributed by atoms with Gasteiger partial charge in [0.2, 0.25) is 0 Å². The Morgan fingerprint density at radius 2 is 1.37 bits per heavy atom. The molecule has 0 aromatic heterocycles. The van der Waals surface area contributed by atoms with E-state index < -0.39 is 23.4 Å². The maximum absolute atomic E-state index is 13.4. The highest BCUT2D eigenvalue weighted by Crippen LogP contribution is 2.35. The van der Waals surface area contributed by atoms with Crippen LogP contribution in [-0.2, 0) is 9.59 Å². The second-order valence-electron chi connectivity index (χ2n) is 7.12. The number of benzene rings is 3. The fraction of sp³-hybridized carbons (Fsp3) is 0.0833. The number of anilines is 2. The molecule has 0 bridgehead atoms. The SMILES string of the molecule is Cc1ccc(C2=C(Nc3ccc(F)cc3)C(=O)N(c3ccc(F)cc3)C2=O)c(C)c1. The average molecular weight is 404 g/mol. The van der Waals surface area contributed by atoms with Crippen LogP contribution in [-0.4, -0.2) is 11.8 Å². The number of nitrogens with zero attached hydrogens (tertiary/aromatic N) is 1. The van der Waals surface area contributed by atoms with Crippen molar-refractivity contribution in [3.63, 3.8) is 0 Å². The normalized spacial score (nSPS) is 13.9. The van der Waals surface area contributed by atoms with Gasteiger partial charge in [-0.1, -0.05) is 23.8 Å². The predicted octanol–water partition coefficient (Wildman–Crippen LogP) is 4.98. The van der Waals surface area contributed by atoms with Gasteiger partial charge in [0, 0.05) is 5.69 Å². The molecule has 0 fully saturated rings. The van der Waals surface area contributed by atoms with Crippen LogP contribution in [0.1, 0.15) is 16.7 Å². The van der Waals surface area contributed by atoms with E-state index in [9.17, 15) is 18.4 Å². The van der Waals surface area contributed by atoms with E-state index in [2.05, 4.69) is 5.32 Å². The molecular formula is C24H18F2N2O2. The minimum absolute atomic E-state index is 0.0860. The number of carbonyl (C=O) groups excluding carboxylic acids is 2. The molecule has 6 heteroatoms. The van der Waals surface area contributed by atoms with Gasteiger partial charge in [0.1, 0.15) is 17.3 Å². The lowest BCUT2D eigenvalue weighted by Crippen LogP contribution is -2.32. The van der Waals surface area contributed by atoms with Gasteiger partial charge in [0.15, 0.2) is 0 Å². The number of imide groups is 1. The molecule has 4 nitrogen and oxygen atoms in total. The molecule has 0 spiro atoms. The zero-order valence-corrected chi connectivity index (χ0v) is 16.4. The summed E-state index contributed by atoms with van der Waals surface area (Å²) >= 11 is 0. The largest absolute Gasteiger partial charge is 0.350 e. The van der Waals surface area contributed by atoms with Crippen molar-refractivity contribution in [3.8, 4) is 0 Å². The van der Waals surface area contributed by atoms with Gasteiger partial charge in [-0.05, 0) is 73.5 Å². The van der Waals surface area contributed by atoms with Crippen LogP contribution >= 0.6 is 0 Å². The van der Waals surface area contributed by atoms with Crippen LogP contribution < -0.4 is 10.2 Å². The number of halogens is 2. The van der Waals surface area contributed by atoms with E-state index in [1.807, 2.05) is 26.0 Å². The molecule has 4 rings (SSSR count). The molecule has 0 atom stereocenters. The average Bonchev–Trinajstić information content (AvgIpc) is 2.95. The highest BCUT2D eigenvalue weighted by atomic mass is 19.1. The van der Waals surface area contributed by atoms with Crippen LogP contribution in [0.2, 0.25) is 0 Å². The molecule has 1 heterocycles. The van der Waals surface area contributed by atoms with Crippen LogP contribution in [0.15, 0.2) is 72.4 Å². The van der Waals surface area contributed by atoms with Gasteiger partial charge >= 0.3 is 0 Å². The molecular weight excluding hydrogens is 386 g/mol. The Kier molecular flexibility index (Phi) is 4.91. The number of hydrogen-bond acceptors (Lipinski definition) is 3. The second kappa shape index (κ2) is 7.55. The fourth-order valence-electron chi connectivity index (χ4n) is 3.49. The van der Waals surface area contributed by atoms with Crippen LogP contribution in [0, 0.1) is 25.5 Å². The minimum Gasteiger partial charge on any atom is -0.350 e. The smallest absolute Gasteiger partial charge is 0.282 e. The predicted molar refractivity (Wildman–Crippen MR) is 112 cm³/mol. The third-order valence-electron chi connectivity index (χ3n) is 4.93. The Labute approximate surface area is 172 Å². The summed E-state index contributed by atoms with van der Waals surface area (Å²) in [6.07, 6.45) is 0. The summed E-state index contributed by atoms with van der Waals surface area (Å²) < 4.78 is 26.6. The summed E-state index contributed by atoms with van der Waals surface area (Å²) in [5, 5.41) is 2.98. The van der Waals surface area contributed by atoms with Crippen molar-refractivity contribution >= 4 is 28.8 Å². The maximum atomic E-state index is 13.4. The van der Waals surface area contributed by atoms with E-state index in [1.54, 1.807) is 6.07 Å². The Morgan fingerprint density at radius 1 is 0.767 bits per heavy atom. The Morgan fingerprint density at radius 3 is 1.97 bits per heavy atom. The number of amides is 2. The summed E-state index contributed by atoms with van der Waals surface area (Å²) in [5.41, 5.74) is 3.52. The molecule has 30 heavy (non-hydrogen) atoms. The Bertz CT molecular complexity index is 1180. The molecule has 0 aliphatic carbocycles. The summed E-state index contributed by atoms with van der Waals surface area (Å²) in [5.74, 6) is -1.95. The van der Waals surface area contributed by atoms with Crippen molar-refractivity contribution in [1.82, 2.24) is 0 Å². The van der Waals surface area contributed by atoms with E-state index in [0.29, 0.717) is 11.3 Å². The summed E-state index contributed by atoms with van der Waals surface area (Å²) in [6.45, 7) is 3.80. The van der Waals surface area contributed by atoms with Gasteiger partial charge in [0.25, 0.3) is 11.8 Å². The van der Waals surface area contributed by atoms with Gasteiger partial charge < -0.3 is 5.32 Å². The molecule has 0 saturated heterocycles. The number of nitrogens with one attached hydrogen (secondary N) is 1. The third-order valence-corrected chi connectivity index (χ3v) is 4.93. The quantitative estimate of drug-likeness (QED) is 0.624. The first kappa shape index (κ1) is 19.5. The Balaban J connectivity index is 1.84. The lowest BCUT2D eigenvalue weighted by atomic mass is 9.97. The molecule has 3 aromatic carbocycles. The minimum atomic E-state index is -0.564. The van der Waals surface area contributed by atoms with Crippen molar-refractivity contribution < 1.29 is 18.4 Å². The molecule has 150 valence electrons. The zero-order chi connectivity index (χ0) is 21.4. The van der Waals surface area contributed by atoms with Crippen LogP contribution in [0.4, 0.5) is 20.2 Å². The van der Waals surface area contributed by atoms with Crippen molar-refractivity contribution in [2.24, 2.45) is 0 Å². The van der Waals surface area contributed by atoms with Gasteiger partial charge in [-0.25, -0.2) is 13.7 Å². The van der Waals surface area contributed by atoms with Crippen molar-refractivity contribution in [2.45, 2.75) is 13.8 Å². The lowest BCUT2D eigenvalue weighted by molar-refractivity contribution is -0.120. The molecule has 3 aromatic rings. The number of carbonyl (C=O) groups is 2. The fourth-order valence-corrected chi connectivity index (χ4v) is 3.49.